The molecule has 25 heavy (non-hydrogen) atoms. The third-order valence-corrected chi connectivity index (χ3v) is 6.90. The van der Waals surface area contributed by atoms with Gasteiger partial charge in [-0.3, -0.25) is 9.00 Å². The Morgan fingerprint density at radius 3 is 2.80 bits per heavy atom. The second-order valence-corrected chi connectivity index (χ2v) is 8.64. The van der Waals surface area contributed by atoms with E-state index in [1.54, 1.807) is 18.2 Å². The number of ether oxygens (including phenoxy) is 2. The molecular weight excluding hydrogens is 340 g/mol. The van der Waals surface area contributed by atoms with E-state index in [2.05, 4.69) is 0 Å². The minimum Gasteiger partial charge on any atom is -0.486 e. The molecule has 1 aliphatic carbocycles. The van der Waals surface area contributed by atoms with Crippen LogP contribution < -0.4 is 15.2 Å². The van der Waals surface area contributed by atoms with Crippen LogP contribution in [0.5, 0.6) is 11.5 Å². The van der Waals surface area contributed by atoms with Crippen molar-refractivity contribution in [1.29, 1.82) is 0 Å². The zero-order valence-corrected chi connectivity index (χ0v) is 15.0. The summed E-state index contributed by atoms with van der Waals surface area (Å²) in [6.07, 6.45) is 2.50. The van der Waals surface area contributed by atoms with E-state index in [0.29, 0.717) is 53.6 Å². The first kappa shape index (κ1) is 16.8. The molecule has 4 unspecified atom stereocenters. The number of nitrogens with zero attached hydrogens (tertiary/aromatic N) is 1. The molecule has 3 aliphatic rings. The first-order valence-electron chi connectivity index (χ1n) is 8.93. The summed E-state index contributed by atoms with van der Waals surface area (Å²) >= 11 is 0. The second-order valence-electron chi connectivity index (χ2n) is 7.07. The van der Waals surface area contributed by atoms with Crippen molar-refractivity contribution in [3.63, 3.8) is 0 Å². The summed E-state index contributed by atoms with van der Waals surface area (Å²) in [6, 6.07) is 5.56. The maximum atomic E-state index is 12.5. The van der Waals surface area contributed by atoms with E-state index in [0.717, 1.165) is 25.9 Å². The van der Waals surface area contributed by atoms with Crippen LogP contribution in [0.1, 0.15) is 19.3 Å². The van der Waals surface area contributed by atoms with Crippen LogP contribution in [0.4, 0.5) is 0 Å². The van der Waals surface area contributed by atoms with E-state index in [1.807, 2.05) is 4.90 Å². The van der Waals surface area contributed by atoms with Crippen molar-refractivity contribution in [1.82, 2.24) is 4.90 Å². The maximum absolute atomic E-state index is 12.5. The van der Waals surface area contributed by atoms with E-state index < -0.39 is 10.8 Å². The highest BCUT2D eigenvalue weighted by Gasteiger charge is 2.42. The van der Waals surface area contributed by atoms with Crippen molar-refractivity contribution in [2.45, 2.75) is 30.2 Å². The predicted octanol–water partition coefficient (Wildman–Crippen LogP) is 1.15. The number of fused-ring (bicyclic) bond motifs is 2. The molecule has 4 atom stereocenters. The molecule has 2 fully saturated rings. The molecule has 1 aromatic carbocycles. The molecule has 2 N–H and O–H groups in total. The van der Waals surface area contributed by atoms with E-state index in [4.69, 9.17) is 15.2 Å². The van der Waals surface area contributed by atoms with Gasteiger partial charge in [0.2, 0.25) is 5.91 Å². The van der Waals surface area contributed by atoms with Crippen LogP contribution in [0, 0.1) is 11.8 Å². The maximum Gasteiger partial charge on any atom is 0.223 e. The zero-order chi connectivity index (χ0) is 17.4. The topological polar surface area (TPSA) is 81.9 Å². The summed E-state index contributed by atoms with van der Waals surface area (Å²) in [7, 11) is -1.22. The Kier molecular flexibility index (Phi) is 4.69. The Labute approximate surface area is 150 Å². The van der Waals surface area contributed by atoms with Gasteiger partial charge >= 0.3 is 0 Å². The summed E-state index contributed by atoms with van der Waals surface area (Å²) in [5, 5.41) is 0. The zero-order valence-electron chi connectivity index (χ0n) is 14.2. The Hall–Kier alpha value is -1.60. The van der Waals surface area contributed by atoms with Gasteiger partial charge in [0.05, 0.1) is 10.8 Å². The van der Waals surface area contributed by atoms with Crippen LogP contribution in [-0.2, 0) is 15.6 Å². The van der Waals surface area contributed by atoms with Crippen LogP contribution in [-0.4, -0.2) is 53.1 Å². The molecule has 6 nitrogen and oxygen atoms in total. The lowest BCUT2D eigenvalue weighted by atomic mass is 9.98. The lowest BCUT2D eigenvalue weighted by Crippen LogP contribution is -2.34. The number of hydrogen-bond acceptors (Lipinski definition) is 5. The van der Waals surface area contributed by atoms with Crippen molar-refractivity contribution in [3.05, 3.63) is 18.2 Å². The Balaban J connectivity index is 1.32. The number of carbonyl (C=O) groups excluding carboxylic acids is 1. The predicted molar refractivity (Wildman–Crippen MR) is 94.1 cm³/mol. The lowest BCUT2D eigenvalue weighted by molar-refractivity contribution is -0.130. The van der Waals surface area contributed by atoms with Gasteiger partial charge in [-0.1, -0.05) is 0 Å². The highest BCUT2D eigenvalue weighted by atomic mass is 32.2. The van der Waals surface area contributed by atoms with Gasteiger partial charge in [0.15, 0.2) is 11.5 Å². The lowest BCUT2D eigenvalue weighted by Gasteiger charge is -2.19. The Bertz CT molecular complexity index is 696. The summed E-state index contributed by atoms with van der Waals surface area (Å²) in [5.74, 6) is 2.74. The molecule has 0 radical (unpaired) electrons. The molecule has 1 aromatic rings. The summed E-state index contributed by atoms with van der Waals surface area (Å²) in [4.78, 5) is 15.0. The molecule has 1 saturated carbocycles. The monoisotopic (exact) mass is 364 g/mol. The molecular formula is C18H24N2O4S. The second kappa shape index (κ2) is 6.96. The standard InChI is InChI=1S/C18H24N2O4S/c19-15-3-1-12-10-20(11-14(12)15)18(21)5-8-25(22)13-2-4-16-17(9-13)24-7-6-23-16/h2,4,9,12,14-15H,1,3,5-8,10-11,19H2. The summed E-state index contributed by atoms with van der Waals surface area (Å²) in [5.41, 5.74) is 6.13. The number of carbonyl (C=O) groups is 1. The van der Waals surface area contributed by atoms with Gasteiger partial charge in [-0.2, -0.15) is 0 Å². The molecule has 0 bridgehead atoms. The van der Waals surface area contributed by atoms with Crippen LogP contribution in [0.25, 0.3) is 0 Å². The first-order valence-corrected chi connectivity index (χ1v) is 10.2. The number of amides is 1. The van der Waals surface area contributed by atoms with Crippen molar-refractivity contribution in [2.24, 2.45) is 17.6 Å². The normalized spacial score (nSPS) is 28.7. The molecule has 1 amide bonds. The fourth-order valence-corrected chi connectivity index (χ4v) is 5.19. The van der Waals surface area contributed by atoms with Crippen LogP contribution >= 0.6 is 0 Å². The van der Waals surface area contributed by atoms with Crippen LogP contribution in [0.15, 0.2) is 23.1 Å². The minimum atomic E-state index is -1.22. The van der Waals surface area contributed by atoms with Gasteiger partial charge in [-0.05, 0) is 36.8 Å². The summed E-state index contributed by atoms with van der Waals surface area (Å²) in [6.45, 7) is 2.61. The van der Waals surface area contributed by atoms with Gasteiger partial charge in [0, 0.05) is 42.3 Å². The quantitative estimate of drug-likeness (QED) is 0.867. The van der Waals surface area contributed by atoms with Gasteiger partial charge in [-0.15, -0.1) is 0 Å². The van der Waals surface area contributed by atoms with E-state index in [-0.39, 0.29) is 11.9 Å². The number of rotatable bonds is 4. The summed E-state index contributed by atoms with van der Waals surface area (Å²) < 4.78 is 23.5. The van der Waals surface area contributed by atoms with Crippen LogP contribution in [0.2, 0.25) is 0 Å². The number of nitrogens with two attached hydrogens (primary N) is 1. The van der Waals surface area contributed by atoms with Crippen LogP contribution in [0.3, 0.4) is 0 Å². The van der Waals surface area contributed by atoms with Crippen molar-refractivity contribution >= 4 is 16.7 Å². The van der Waals surface area contributed by atoms with Crippen molar-refractivity contribution in [2.75, 3.05) is 32.1 Å². The molecule has 0 aromatic heterocycles. The number of benzene rings is 1. The molecule has 0 spiro atoms. The SMILES string of the molecule is NC1CCC2CN(C(=O)CCS(=O)c3ccc4c(c3)OCCO4)CC12. The van der Waals surface area contributed by atoms with Gasteiger partial charge in [0.1, 0.15) is 13.2 Å². The average Bonchev–Trinajstić information content (AvgIpc) is 3.21. The van der Waals surface area contributed by atoms with Gasteiger partial charge in [-0.25, -0.2) is 0 Å². The first-order chi connectivity index (χ1) is 12.1. The van der Waals surface area contributed by atoms with Crippen molar-refractivity contribution in [3.8, 4) is 11.5 Å². The van der Waals surface area contributed by atoms with E-state index in [9.17, 15) is 9.00 Å². The smallest absolute Gasteiger partial charge is 0.223 e. The molecule has 4 rings (SSSR count). The molecule has 136 valence electrons. The molecule has 2 aliphatic heterocycles. The minimum absolute atomic E-state index is 0.0903. The molecule has 1 saturated heterocycles. The average molecular weight is 364 g/mol. The highest BCUT2D eigenvalue weighted by molar-refractivity contribution is 7.85. The highest BCUT2D eigenvalue weighted by Crippen LogP contribution is 2.37. The van der Waals surface area contributed by atoms with Gasteiger partial charge in [0.25, 0.3) is 0 Å². The fourth-order valence-electron chi connectivity index (χ4n) is 4.13. The van der Waals surface area contributed by atoms with E-state index >= 15 is 0 Å². The third kappa shape index (κ3) is 3.40. The van der Waals surface area contributed by atoms with Crippen molar-refractivity contribution < 1.29 is 18.5 Å². The number of hydrogen-bond donors (Lipinski definition) is 1. The molecule has 2 heterocycles. The number of likely N-dealkylation sites (tertiary alicyclic amines) is 1. The largest absolute Gasteiger partial charge is 0.486 e. The fraction of sp³-hybridized carbons (Fsp3) is 0.611. The Morgan fingerprint density at radius 1 is 1.20 bits per heavy atom. The van der Waals surface area contributed by atoms with E-state index in [1.165, 1.54) is 0 Å². The van der Waals surface area contributed by atoms with Gasteiger partial charge < -0.3 is 20.1 Å². The molecule has 7 heteroatoms. The Morgan fingerprint density at radius 2 is 2.00 bits per heavy atom. The third-order valence-electron chi connectivity index (χ3n) is 5.54.